The molecular formula is C20H21FN2O5S. The molecule has 7 nitrogen and oxygen atoms in total. The molecule has 154 valence electrons. The van der Waals surface area contributed by atoms with Gasteiger partial charge in [-0.3, -0.25) is 4.79 Å². The molecule has 2 aliphatic heterocycles. The quantitative estimate of drug-likeness (QED) is 0.803. The predicted molar refractivity (Wildman–Crippen MR) is 103 cm³/mol. The minimum atomic E-state index is -3.96. The molecule has 9 heteroatoms. The molecule has 1 saturated heterocycles. The van der Waals surface area contributed by atoms with Crippen molar-refractivity contribution in [2.45, 2.75) is 24.3 Å². The van der Waals surface area contributed by atoms with E-state index in [-0.39, 0.29) is 12.1 Å². The van der Waals surface area contributed by atoms with Gasteiger partial charge in [-0.15, -0.1) is 0 Å². The molecule has 2 aromatic rings. The van der Waals surface area contributed by atoms with Gasteiger partial charge < -0.3 is 14.8 Å². The number of nitrogens with one attached hydrogen (secondary N) is 1. The van der Waals surface area contributed by atoms with Crippen LogP contribution in [0.4, 0.5) is 4.39 Å². The van der Waals surface area contributed by atoms with Crippen LogP contribution in [0.15, 0.2) is 41.3 Å². The first kappa shape index (κ1) is 19.7. The summed E-state index contributed by atoms with van der Waals surface area (Å²) in [4.78, 5) is 12.1. The molecule has 1 fully saturated rings. The number of benzene rings is 2. The third-order valence-corrected chi connectivity index (χ3v) is 6.88. The fourth-order valence-corrected chi connectivity index (χ4v) is 5.07. The van der Waals surface area contributed by atoms with Crippen molar-refractivity contribution in [2.75, 3.05) is 26.3 Å². The van der Waals surface area contributed by atoms with E-state index >= 15 is 0 Å². The first-order valence-electron chi connectivity index (χ1n) is 9.42. The average Bonchev–Trinajstić information content (AvgIpc) is 3.28. The molecule has 4 rings (SSSR count). The summed E-state index contributed by atoms with van der Waals surface area (Å²) in [7, 11) is -3.96. The number of carbonyl (C=O) groups is 1. The van der Waals surface area contributed by atoms with Crippen LogP contribution in [-0.2, 0) is 16.6 Å². The first-order chi connectivity index (χ1) is 14.0. The maximum atomic E-state index is 14.3. The summed E-state index contributed by atoms with van der Waals surface area (Å²) < 4.78 is 52.0. The molecule has 0 bridgehead atoms. The Labute approximate surface area is 168 Å². The Morgan fingerprint density at radius 1 is 1.10 bits per heavy atom. The monoisotopic (exact) mass is 420 g/mol. The first-order valence-corrected chi connectivity index (χ1v) is 10.9. The van der Waals surface area contributed by atoms with Crippen LogP contribution in [0, 0.1) is 5.82 Å². The van der Waals surface area contributed by atoms with Crippen LogP contribution in [-0.4, -0.2) is 44.9 Å². The number of hydrogen-bond acceptors (Lipinski definition) is 5. The molecule has 0 radical (unpaired) electrons. The van der Waals surface area contributed by atoms with E-state index in [4.69, 9.17) is 9.47 Å². The lowest BCUT2D eigenvalue weighted by Crippen LogP contribution is -2.29. The number of fused-ring (bicyclic) bond motifs is 1. The van der Waals surface area contributed by atoms with Gasteiger partial charge in [-0.05, 0) is 37.1 Å². The third kappa shape index (κ3) is 3.92. The van der Waals surface area contributed by atoms with Gasteiger partial charge in [0, 0.05) is 30.8 Å². The van der Waals surface area contributed by atoms with Gasteiger partial charge in [0.15, 0.2) is 11.5 Å². The second-order valence-electron chi connectivity index (χ2n) is 6.88. The lowest BCUT2D eigenvalue weighted by molar-refractivity contribution is 0.0949. The largest absolute Gasteiger partial charge is 0.486 e. The van der Waals surface area contributed by atoms with E-state index in [0.717, 1.165) is 30.5 Å². The van der Waals surface area contributed by atoms with E-state index in [1.807, 2.05) is 6.07 Å². The number of amides is 1. The lowest BCUT2D eigenvalue weighted by Gasteiger charge is -2.21. The molecule has 2 heterocycles. The molecule has 0 atom stereocenters. The number of carbonyl (C=O) groups excluding carboxylic acids is 1. The molecule has 1 amide bonds. The van der Waals surface area contributed by atoms with Crippen molar-refractivity contribution in [1.82, 2.24) is 9.62 Å². The molecular weight excluding hydrogens is 399 g/mol. The smallest absolute Gasteiger partial charge is 0.251 e. The van der Waals surface area contributed by atoms with Crippen LogP contribution in [0.5, 0.6) is 11.5 Å². The normalized spacial score (nSPS) is 16.6. The van der Waals surface area contributed by atoms with Gasteiger partial charge in [0.25, 0.3) is 5.91 Å². The zero-order chi connectivity index (χ0) is 20.4. The van der Waals surface area contributed by atoms with Crippen LogP contribution < -0.4 is 14.8 Å². The SMILES string of the molecule is O=C(NCc1cccc2c1OCCO2)c1ccc(F)c(S(=O)(=O)N2CCCC2)c1. The molecule has 29 heavy (non-hydrogen) atoms. The second kappa shape index (κ2) is 8.00. The van der Waals surface area contributed by atoms with Gasteiger partial charge in [0.05, 0.1) is 0 Å². The average molecular weight is 420 g/mol. The van der Waals surface area contributed by atoms with Crippen molar-refractivity contribution < 1.29 is 27.1 Å². The molecule has 2 aromatic carbocycles. The number of halogens is 1. The predicted octanol–water partition coefficient (Wildman–Crippen LogP) is 2.31. The highest BCUT2D eigenvalue weighted by Crippen LogP contribution is 2.33. The van der Waals surface area contributed by atoms with Crippen molar-refractivity contribution in [3.05, 3.63) is 53.3 Å². The second-order valence-corrected chi connectivity index (χ2v) is 8.79. The number of sulfonamides is 1. The van der Waals surface area contributed by atoms with Crippen LogP contribution in [0.25, 0.3) is 0 Å². The van der Waals surface area contributed by atoms with Gasteiger partial charge in [-0.25, -0.2) is 12.8 Å². The fourth-order valence-electron chi connectivity index (χ4n) is 3.46. The van der Waals surface area contributed by atoms with Crippen LogP contribution in [0.2, 0.25) is 0 Å². The highest BCUT2D eigenvalue weighted by Gasteiger charge is 2.30. The summed E-state index contributed by atoms with van der Waals surface area (Å²) in [6, 6.07) is 8.77. The van der Waals surface area contributed by atoms with Crippen molar-refractivity contribution in [1.29, 1.82) is 0 Å². The van der Waals surface area contributed by atoms with Crippen LogP contribution >= 0.6 is 0 Å². The third-order valence-electron chi connectivity index (χ3n) is 4.96. The van der Waals surface area contributed by atoms with E-state index in [1.165, 1.54) is 10.4 Å². The van der Waals surface area contributed by atoms with E-state index in [0.29, 0.717) is 37.8 Å². The standard InChI is InChI=1S/C20H21FN2O5S/c21-16-7-6-14(12-18(16)29(25,26)23-8-1-2-9-23)20(24)22-13-15-4-3-5-17-19(15)28-11-10-27-17/h3-7,12H,1-2,8-11,13H2,(H,22,24). The highest BCUT2D eigenvalue weighted by molar-refractivity contribution is 7.89. The molecule has 0 saturated carbocycles. The maximum absolute atomic E-state index is 14.3. The summed E-state index contributed by atoms with van der Waals surface area (Å²) in [5.74, 6) is -0.174. The number of rotatable bonds is 5. The summed E-state index contributed by atoms with van der Waals surface area (Å²) >= 11 is 0. The molecule has 0 aromatic heterocycles. The lowest BCUT2D eigenvalue weighted by atomic mass is 10.1. The Balaban J connectivity index is 1.53. The van der Waals surface area contributed by atoms with Crippen LogP contribution in [0.1, 0.15) is 28.8 Å². The maximum Gasteiger partial charge on any atom is 0.251 e. The Morgan fingerprint density at radius 3 is 2.66 bits per heavy atom. The van der Waals surface area contributed by atoms with E-state index in [1.54, 1.807) is 12.1 Å². The fraction of sp³-hybridized carbons (Fsp3) is 0.350. The number of nitrogens with zero attached hydrogens (tertiary/aromatic N) is 1. The zero-order valence-electron chi connectivity index (χ0n) is 15.7. The molecule has 1 N–H and O–H groups in total. The van der Waals surface area contributed by atoms with Crippen molar-refractivity contribution in [3.8, 4) is 11.5 Å². The number of hydrogen-bond donors (Lipinski definition) is 1. The minimum absolute atomic E-state index is 0.0751. The summed E-state index contributed by atoms with van der Waals surface area (Å²) in [5.41, 5.74) is 0.814. The zero-order valence-corrected chi connectivity index (χ0v) is 16.5. The molecule has 2 aliphatic rings. The van der Waals surface area contributed by atoms with Crippen molar-refractivity contribution >= 4 is 15.9 Å². The van der Waals surface area contributed by atoms with Gasteiger partial charge in [0.2, 0.25) is 10.0 Å². The summed E-state index contributed by atoms with van der Waals surface area (Å²) in [6.45, 7) is 1.77. The van der Waals surface area contributed by atoms with Crippen molar-refractivity contribution in [2.24, 2.45) is 0 Å². The molecule has 0 spiro atoms. The number of para-hydroxylation sites is 1. The van der Waals surface area contributed by atoms with Gasteiger partial charge >= 0.3 is 0 Å². The summed E-state index contributed by atoms with van der Waals surface area (Å²) in [6.07, 6.45) is 1.49. The van der Waals surface area contributed by atoms with Gasteiger partial charge in [-0.1, -0.05) is 12.1 Å². The van der Waals surface area contributed by atoms with E-state index in [2.05, 4.69) is 5.32 Å². The molecule has 0 unspecified atom stereocenters. The Kier molecular flexibility index (Phi) is 5.42. The van der Waals surface area contributed by atoms with Gasteiger partial charge in [-0.2, -0.15) is 4.31 Å². The Hall–Kier alpha value is -2.65. The van der Waals surface area contributed by atoms with Crippen molar-refractivity contribution in [3.63, 3.8) is 0 Å². The highest BCUT2D eigenvalue weighted by atomic mass is 32.2. The van der Waals surface area contributed by atoms with E-state index in [9.17, 15) is 17.6 Å². The van der Waals surface area contributed by atoms with E-state index < -0.39 is 26.6 Å². The summed E-state index contributed by atoms with van der Waals surface area (Å²) in [5, 5.41) is 2.73. The van der Waals surface area contributed by atoms with Gasteiger partial charge in [0.1, 0.15) is 23.9 Å². The topological polar surface area (TPSA) is 84.9 Å². The minimum Gasteiger partial charge on any atom is -0.486 e. The Bertz CT molecular complexity index is 1040. The molecule has 0 aliphatic carbocycles. The Morgan fingerprint density at radius 2 is 1.86 bits per heavy atom. The van der Waals surface area contributed by atoms with Crippen LogP contribution in [0.3, 0.4) is 0 Å². The number of ether oxygens (including phenoxy) is 2.